The van der Waals surface area contributed by atoms with Crippen LogP contribution in [0.15, 0.2) is 18.2 Å². The van der Waals surface area contributed by atoms with E-state index in [2.05, 4.69) is 42.0 Å². The highest BCUT2D eigenvalue weighted by atomic mass is 16.5. The maximum atomic E-state index is 5.31. The number of fused-ring (bicyclic) bond motifs is 2. The highest BCUT2D eigenvalue weighted by Crippen LogP contribution is 2.33. The zero-order valence-electron chi connectivity index (χ0n) is 11.5. The molecule has 2 aliphatic rings. The van der Waals surface area contributed by atoms with Crippen LogP contribution in [-0.2, 0) is 6.54 Å². The predicted molar refractivity (Wildman–Crippen MR) is 73.0 cm³/mol. The van der Waals surface area contributed by atoms with Crippen LogP contribution >= 0.6 is 0 Å². The van der Waals surface area contributed by atoms with Crippen molar-refractivity contribution >= 4 is 0 Å². The van der Waals surface area contributed by atoms with Crippen molar-refractivity contribution in [1.29, 1.82) is 0 Å². The van der Waals surface area contributed by atoms with Gasteiger partial charge in [0.15, 0.2) is 0 Å². The summed E-state index contributed by atoms with van der Waals surface area (Å²) in [5.74, 6) is 0.988. The molecule has 2 heterocycles. The molecule has 0 radical (unpaired) electrons. The first-order valence-electron chi connectivity index (χ1n) is 6.75. The van der Waals surface area contributed by atoms with E-state index in [1.165, 1.54) is 30.6 Å². The highest BCUT2D eigenvalue weighted by Gasteiger charge is 2.42. The van der Waals surface area contributed by atoms with Gasteiger partial charge >= 0.3 is 0 Å². The summed E-state index contributed by atoms with van der Waals surface area (Å²) in [5.41, 5.74) is 2.64. The maximum absolute atomic E-state index is 5.31. The molecule has 1 aromatic rings. The summed E-state index contributed by atoms with van der Waals surface area (Å²) in [5, 5.41) is 0. The van der Waals surface area contributed by atoms with Crippen molar-refractivity contribution in [2.24, 2.45) is 0 Å². The standard InChI is InChI=1S/C15H22N2O/c1-11-6-12(4-5-15(11)18-3)8-17-13-7-14(17)10-16(2)9-13/h4-6,13-14H,7-10H2,1-3H3. The van der Waals surface area contributed by atoms with Crippen LogP contribution in [0.25, 0.3) is 0 Å². The van der Waals surface area contributed by atoms with Gasteiger partial charge in [0.25, 0.3) is 0 Å². The smallest absolute Gasteiger partial charge is 0.121 e. The Balaban J connectivity index is 1.69. The topological polar surface area (TPSA) is 15.7 Å². The Hall–Kier alpha value is -1.06. The third-order valence-corrected chi connectivity index (χ3v) is 4.35. The molecule has 18 heavy (non-hydrogen) atoms. The number of piperazine rings is 1. The van der Waals surface area contributed by atoms with E-state index < -0.39 is 0 Å². The van der Waals surface area contributed by atoms with Gasteiger partial charge in [-0.05, 0) is 37.6 Å². The van der Waals surface area contributed by atoms with Gasteiger partial charge in [-0.1, -0.05) is 12.1 Å². The minimum Gasteiger partial charge on any atom is -0.496 e. The van der Waals surface area contributed by atoms with Crippen molar-refractivity contribution in [3.63, 3.8) is 0 Å². The molecule has 3 heteroatoms. The average Bonchev–Trinajstić information content (AvgIpc) is 2.36. The number of rotatable bonds is 3. The van der Waals surface area contributed by atoms with Crippen LogP contribution in [0.1, 0.15) is 17.5 Å². The van der Waals surface area contributed by atoms with Crippen molar-refractivity contribution in [1.82, 2.24) is 9.80 Å². The molecule has 2 saturated heterocycles. The number of hydrogen-bond acceptors (Lipinski definition) is 3. The third-order valence-electron chi connectivity index (χ3n) is 4.35. The van der Waals surface area contributed by atoms with Crippen LogP contribution in [0.3, 0.4) is 0 Å². The molecule has 0 aliphatic carbocycles. The molecule has 0 aromatic heterocycles. The molecule has 0 spiro atoms. The van der Waals surface area contributed by atoms with Crippen LogP contribution in [0, 0.1) is 6.92 Å². The lowest BCUT2D eigenvalue weighted by Crippen LogP contribution is -2.67. The normalized spacial score (nSPS) is 27.9. The quantitative estimate of drug-likeness (QED) is 0.810. The molecule has 2 fully saturated rings. The average molecular weight is 246 g/mol. The summed E-state index contributed by atoms with van der Waals surface area (Å²) in [6.45, 7) is 5.67. The summed E-state index contributed by atoms with van der Waals surface area (Å²) in [7, 11) is 3.96. The van der Waals surface area contributed by atoms with Gasteiger partial charge in [-0.25, -0.2) is 0 Å². The second-order valence-electron chi connectivity index (χ2n) is 5.74. The van der Waals surface area contributed by atoms with Gasteiger partial charge in [-0.3, -0.25) is 4.90 Å². The summed E-state index contributed by atoms with van der Waals surface area (Å²) in [6, 6.07) is 8.10. The number of aryl methyl sites for hydroxylation is 1. The number of hydrogen-bond donors (Lipinski definition) is 0. The van der Waals surface area contributed by atoms with Crippen molar-refractivity contribution in [2.45, 2.75) is 32.0 Å². The predicted octanol–water partition coefficient (Wildman–Crippen LogP) is 1.89. The van der Waals surface area contributed by atoms with Gasteiger partial charge in [0.1, 0.15) is 5.75 Å². The fraction of sp³-hybridized carbons (Fsp3) is 0.600. The minimum atomic E-state index is 0.774. The Kier molecular flexibility index (Phi) is 3.04. The van der Waals surface area contributed by atoms with Crippen molar-refractivity contribution in [3.05, 3.63) is 29.3 Å². The van der Waals surface area contributed by atoms with Crippen LogP contribution in [0.5, 0.6) is 5.75 Å². The van der Waals surface area contributed by atoms with Gasteiger partial charge in [-0.2, -0.15) is 0 Å². The number of ether oxygens (including phenoxy) is 1. The van der Waals surface area contributed by atoms with Crippen LogP contribution in [0.4, 0.5) is 0 Å². The summed E-state index contributed by atoms with van der Waals surface area (Å²) < 4.78 is 5.31. The van der Waals surface area contributed by atoms with Gasteiger partial charge in [0, 0.05) is 31.7 Å². The summed E-state index contributed by atoms with van der Waals surface area (Å²) in [6.07, 6.45) is 1.39. The van der Waals surface area contributed by atoms with Gasteiger partial charge < -0.3 is 9.64 Å². The van der Waals surface area contributed by atoms with E-state index in [1.54, 1.807) is 7.11 Å². The Morgan fingerprint density at radius 1 is 1.28 bits per heavy atom. The first-order chi connectivity index (χ1) is 8.67. The van der Waals surface area contributed by atoms with Crippen LogP contribution in [0.2, 0.25) is 0 Å². The monoisotopic (exact) mass is 246 g/mol. The molecule has 0 amide bonds. The first kappa shape index (κ1) is 12.0. The molecule has 0 N–H and O–H groups in total. The molecule has 3 nitrogen and oxygen atoms in total. The number of piperidine rings is 1. The Morgan fingerprint density at radius 3 is 2.61 bits per heavy atom. The second-order valence-corrected chi connectivity index (χ2v) is 5.74. The van der Waals surface area contributed by atoms with Gasteiger partial charge in [0.05, 0.1) is 7.11 Å². The molecule has 0 saturated carbocycles. The Morgan fingerprint density at radius 2 is 2.00 bits per heavy atom. The van der Waals surface area contributed by atoms with Crippen molar-refractivity contribution in [2.75, 3.05) is 27.2 Å². The Labute approximate surface area is 109 Å². The van der Waals surface area contributed by atoms with E-state index in [1.807, 2.05) is 0 Å². The molecular weight excluding hydrogens is 224 g/mol. The van der Waals surface area contributed by atoms with Crippen LogP contribution < -0.4 is 4.74 Å². The lowest BCUT2D eigenvalue weighted by Gasteiger charge is -2.56. The molecule has 2 unspecified atom stereocenters. The first-order valence-corrected chi connectivity index (χ1v) is 6.75. The number of benzene rings is 1. The van der Waals surface area contributed by atoms with E-state index in [4.69, 9.17) is 4.74 Å². The van der Waals surface area contributed by atoms with E-state index in [0.29, 0.717) is 0 Å². The number of likely N-dealkylation sites (tertiary alicyclic amines) is 2. The third kappa shape index (κ3) is 2.02. The molecule has 2 atom stereocenters. The largest absolute Gasteiger partial charge is 0.496 e. The number of methoxy groups -OCH3 is 1. The van der Waals surface area contributed by atoms with Gasteiger partial charge in [0.2, 0.25) is 0 Å². The SMILES string of the molecule is COc1ccc(CN2C3CC2CN(C)C3)cc1C. The lowest BCUT2D eigenvalue weighted by atomic mass is 9.87. The fourth-order valence-corrected chi connectivity index (χ4v) is 3.41. The fourth-order valence-electron chi connectivity index (χ4n) is 3.41. The van der Waals surface area contributed by atoms with Crippen LogP contribution in [-0.4, -0.2) is 49.1 Å². The minimum absolute atomic E-state index is 0.774. The molecule has 1 aromatic carbocycles. The van der Waals surface area contributed by atoms with E-state index >= 15 is 0 Å². The molecule has 3 rings (SSSR count). The maximum Gasteiger partial charge on any atom is 0.121 e. The zero-order valence-corrected chi connectivity index (χ0v) is 11.5. The van der Waals surface area contributed by atoms with Gasteiger partial charge in [-0.15, -0.1) is 0 Å². The molecular formula is C15H22N2O. The summed E-state index contributed by atoms with van der Waals surface area (Å²) in [4.78, 5) is 5.11. The summed E-state index contributed by atoms with van der Waals surface area (Å²) >= 11 is 0. The van der Waals surface area contributed by atoms with E-state index in [0.717, 1.165) is 24.4 Å². The lowest BCUT2D eigenvalue weighted by molar-refractivity contribution is -0.0668. The van der Waals surface area contributed by atoms with Crippen molar-refractivity contribution < 1.29 is 4.74 Å². The molecule has 98 valence electrons. The highest BCUT2D eigenvalue weighted by molar-refractivity contribution is 5.36. The zero-order chi connectivity index (χ0) is 12.7. The number of likely N-dealkylation sites (N-methyl/N-ethyl adjacent to an activating group) is 1. The van der Waals surface area contributed by atoms with E-state index in [-0.39, 0.29) is 0 Å². The Bertz CT molecular complexity index is 434. The van der Waals surface area contributed by atoms with E-state index in [9.17, 15) is 0 Å². The second kappa shape index (κ2) is 4.56. The molecule has 2 bridgehead atoms. The molecule has 2 aliphatic heterocycles. The van der Waals surface area contributed by atoms with Crippen molar-refractivity contribution in [3.8, 4) is 5.75 Å². The number of nitrogens with zero attached hydrogens (tertiary/aromatic N) is 2.